The second-order valence-corrected chi connectivity index (χ2v) is 4.48. The Hall–Kier alpha value is -1.84. The van der Waals surface area contributed by atoms with Crippen molar-refractivity contribution < 1.29 is 19.0 Å². The van der Waals surface area contributed by atoms with Crippen LogP contribution >= 0.6 is 0 Å². The maximum atomic E-state index is 14.1. The van der Waals surface area contributed by atoms with Crippen molar-refractivity contribution in [3.63, 3.8) is 0 Å². The molecule has 8 nitrogen and oxygen atoms in total. The van der Waals surface area contributed by atoms with Crippen LogP contribution in [0.5, 0.6) is 0 Å². The van der Waals surface area contributed by atoms with Gasteiger partial charge in [0.15, 0.2) is 23.9 Å². The fourth-order valence-corrected chi connectivity index (χ4v) is 2.37. The van der Waals surface area contributed by atoms with Gasteiger partial charge in [-0.1, -0.05) is 0 Å². The Morgan fingerprint density at radius 2 is 2.30 bits per heavy atom. The number of methoxy groups -OCH3 is 1. The number of anilines is 1. The van der Waals surface area contributed by atoms with Gasteiger partial charge in [0.1, 0.15) is 24.1 Å². The number of aliphatic hydroxyl groups excluding tert-OH is 1. The second-order valence-electron chi connectivity index (χ2n) is 4.48. The van der Waals surface area contributed by atoms with Gasteiger partial charge in [-0.2, -0.15) is 0 Å². The maximum Gasteiger partial charge on any atom is 0.167 e. The van der Waals surface area contributed by atoms with E-state index in [0.29, 0.717) is 11.2 Å². The highest BCUT2D eigenvalue weighted by Crippen LogP contribution is 2.35. The van der Waals surface area contributed by atoms with Gasteiger partial charge in [-0.3, -0.25) is 4.57 Å². The highest BCUT2D eigenvalue weighted by molar-refractivity contribution is 5.81. The lowest BCUT2D eigenvalue weighted by Gasteiger charge is -2.19. The Morgan fingerprint density at radius 1 is 1.50 bits per heavy atom. The van der Waals surface area contributed by atoms with Gasteiger partial charge in [0.2, 0.25) is 0 Å². The minimum absolute atomic E-state index is 0.233. The van der Waals surface area contributed by atoms with Crippen molar-refractivity contribution in [2.24, 2.45) is 0 Å². The lowest BCUT2D eigenvalue weighted by molar-refractivity contribution is -0.0583. The first-order valence-electron chi connectivity index (χ1n) is 6.03. The van der Waals surface area contributed by atoms with E-state index in [1.807, 2.05) is 0 Å². The number of nitrogen functional groups attached to an aromatic ring is 1. The molecule has 1 saturated heterocycles. The molecule has 0 bridgehead atoms. The summed E-state index contributed by atoms with van der Waals surface area (Å²) in [6.07, 6.45) is -1.28. The van der Waals surface area contributed by atoms with Crippen LogP contribution < -0.4 is 5.73 Å². The molecule has 0 aromatic carbocycles. The number of imidazole rings is 1. The molecule has 3 N–H and O–H groups in total. The molecular weight excluding hydrogens is 269 g/mol. The van der Waals surface area contributed by atoms with E-state index in [0.717, 1.165) is 0 Å². The van der Waals surface area contributed by atoms with E-state index in [4.69, 9.17) is 20.3 Å². The first-order valence-corrected chi connectivity index (χ1v) is 6.03. The van der Waals surface area contributed by atoms with Crippen molar-refractivity contribution in [2.75, 3.05) is 19.5 Å². The number of nitrogens with zero attached hydrogens (tertiary/aromatic N) is 4. The van der Waals surface area contributed by atoms with Crippen molar-refractivity contribution in [3.8, 4) is 0 Å². The minimum Gasteiger partial charge on any atom is -0.394 e. The summed E-state index contributed by atoms with van der Waals surface area (Å²) in [7, 11) is 1.38. The molecule has 0 radical (unpaired) electrons. The zero-order valence-electron chi connectivity index (χ0n) is 10.7. The standard InChI is InChI=1S/C11H14FN5O3/c1-19-8-6(12)5(2-18)20-11(8)17-4-16-7-9(13)14-3-15-10(7)17/h3-6,8,11,18H,2H2,1H3,(H2,13,14,15)/t5-,6-,8-,11-/m1/s1. The average Bonchev–Trinajstić information content (AvgIpc) is 3.00. The molecule has 0 saturated carbocycles. The summed E-state index contributed by atoms with van der Waals surface area (Å²) in [5.41, 5.74) is 6.54. The van der Waals surface area contributed by atoms with E-state index >= 15 is 0 Å². The summed E-state index contributed by atoms with van der Waals surface area (Å²) in [5.74, 6) is 0.233. The summed E-state index contributed by atoms with van der Waals surface area (Å²) in [6.45, 7) is -0.429. The lowest BCUT2D eigenvalue weighted by atomic mass is 10.1. The molecule has 0 aliphatic carbocycles. The third-order valence-corrected chi connectivity index (χ3v) is 3.38. The fourth-order valence-electron chi connectivity index (χ4n) is 2.37. The van der Waals surface area contributed by atoms with Crippen LogP contribution in [-0.4, -0.2) is 56.7 Å². The summed E-state index contributed by atoms with van der Waals surface area (Å²) in [5, 5.41) is 9.13. The molecule has 2 aromatic rings. The molecule has 9 heteroatoms. The molecule has 20 heavy (non-hydrogen) atoms. The molecule has 3 heterocycles. The van der Waals surface area contributed by atoms with Gasteiger partial charge in [-0.15, -0.1) is 0 Å². The van der Waals surface area contributed by atoms with Crippen LogP contribution in [0.3, 0.4) is 0 Å². The Labute approximate surface area is 113 Å². The van der Waals surface area contributed by atoms with Crippen LogP contribution in [0.15, 0.2) is 12.7 Å². The molecule has 2 aromatic heterocycles. The summed E-state index contributed by atoms with van der Waals surface area (Å²) in [6, 6.07) is 0. The van der Waals surface area contributed by atoms with Crippen molar-refractivity contribution in [1.29, 1.82) is 0 Å². The Bertz CT molecular complexity index is 621. The molecule has 0 spiro atoms. The third-order valence-electron chi connectivity index (χ3n) is 3.38. The van der Waals surface area contributed by atoms with Crippen LogP contribution in [0.1, 0.15) is 6.23 Å². The number of hydrogen-bond donors (Lipinski definition) is 2. The molecule has 3 rings (SSSR count). The monoisotopic (exact) mass is 283 g/mol. The molecular formula is C11H14FN5O3. The van der Waals surface area contributed by atoms with Crippen LogP contribution in [0.4, 0.5) is 10.2 Å². The third kappa shape index (κ3) is 1.82. The van der Waals surface area contributed by atoms with E-state index in [2.05, 4.69) is 15.0 Å². The molecule has 1 aliphatic heterocycles. The van der Waals surface area contributed by atoms with Crippen LogP contribution in [0.2, 0.25) is 0 Å². The first kappa shape index (κ1) is 13.2. The van der Waals surface area contributed by atoms with Crippen LogP contribution in [-0.2, 0) is 9.47 Å². The average molecular weight is 283 g/mol. The molecule has 4 atom stereocenters. The maximum absolute atomic E-state index is 14.1. The summed E-state index contributed by atoms with van der Waals surface area (Å²) < 4.78 is 26.2. The highest BCUT2D eigenvalue weighted by atomic mass is 19.1. The number of aliphatic hydroxyl groups is 1. The minimum atomic E-state index is -1.44. The SMILES string of the molecule is CO[C@@H]1[C@H](F)[C@@H](CO)O[C@H]1n1cnc2c(N)ncnc21. The quantitative estimate of drug-likeness (QED) is 0.792. The topological polar surface area (TPSA) is 108 Å². The fraction of sp³-hybridized carbons (Fsp3) is 0.545. The Kier molecular flexibility index (Phi) is 3.24. The van der Waals surface area contributed by atoms with Gasteiger partial charge in [-0.25, -0.2) is 19.3 Å². The van der Waals surface area contributed by atoms with E-state index < -0.39 is 31.2 Å². The second kappa shape index (κ2) is 4.93. The molecule has 108 valence electrons. The summed E-state index contributed by atoms with van der Waals surface area (Å²) >= 11 is 0. The van der Waals surface area contributed by atoms with Gasteiger partial charge >= 0.3 is 0 Å². The van der Waals surface area contributed by atoms with Gasteiger partial charge < -0.3 is 20.3 Å². The molecule has 1 aliphatic rings. The predicted molar refractivity (Wildman–Crippen MR) is 66.4 cm³/mol. The van der Waals surface area contributed by atoms with Crippen molar-refractivity contribution in [1.82, 2.24) is 19.5 Å². The van der Waals surface area contributed by atoms with Crippen molar-refractivity contribution in [2.45, 2.75) is 24.6 Å². The molecule has 1 fully saturated rings. The van der Waals surface area contributed by atoms with Gasteiger partial charge in [0.05, 0.1) is 12.9 Å². The smallest absolute Gasteiger partial charge is 0.167 e. The predicted octanol–water partition coefficient (Wildman–Crippen LogP) is -0.349. The number of hydrogen-bond acceptors (Lipinski definition) is 7. The van der Waals surface area contributed by atoms with Crippen molar-refractivity contribution in [3.05, 3.63) is 12.7 Å². The van der Waals surface area contributed by atoms with E-state index in [1.165, 1.54) is 24.3 Å². The number of fused-ring (bicyclic) bond motifs is 1. The van der Waals surface area contributed by atoms with Crippen LogP contribution in [0.25, 0.3) is 11.2 Å². The number of aromatic nitrogens is 4. The van der Waals surface area contributed by atoms with Gasteiger partial charge in [0.25, 0.3) is 0 Å². The molecule has 0 unspecified atom stereocenters. The number of ether oxygens (including phenoxy) is 2. The zero-order valence-corrected chi connectivity index (χ0v) is 10.7. The van der Waals surface area contributed by atoms with Gasteiger partial charge in [0, 0.05) is 7.11 Å². The summed E-state index contributed by atoms with van der Waals surface area (Å²) in [4.78, 5) is 12.0. The number of nitrogens with two attached hydrogens (primary N) is 1. The van der Waals surface area contributed by atoms with E-state index in [1.54, 1.807) is 0 Å². The largest absolute Gasteiger partial charge is 0.394 e. The lowest BCUT2D eigenvalue weighted by Crippen LogP contribution is -2.31. The molecule has 0 amide bonds. The highest BCUT2D eigenvalue weighted by Gasteiger charge is 2.46. The number of rotatable bonds is 3. The van der Waals surface area contributed by atoms with Gasteiger partial charge in [-0.05, 0) is 0 Å². The van der Waals surface area contributed by atoms with E-state index in [9.17, 15) is 4.39 Å². The number of halogens is 1. The Balaban J connectivity index is 2.04. The number of alkyl halides is 1. The Morgan fingerprint density at radius 3 is 3.00 bits per heavy atom. The normalized spacial score (nSPS) is 30.1. The first-order chi connectivity index (χ1) is 9.67. The van der Waals surface area contributed by atoms with Crippen LogP contribution in [0, 0.1) is 0 Å². The van der Waals surface area contributed by atoms with E-state index in [-0.39, 0.29) is 5.82 Å². The zero-order chi connectivity index (χ0) is 14.3. The van der Waals surface area contributed by atoms with Crippen molar-refractivity contribution >= 4 is 17.0 Å².